The van der Waals surface area contributed by atoms with Gasteiger partial charge in [0.25, 0.3) is 0 Å². The highest BCUT2D eigenvalue weighted by molar-refractivity contribution is 5.92. The molecule has 2 aromatic rings. The summed E-state index contributed by atoms with van der Waals surface area (Å²) in [5.74, 6) is -0.874. The van der Waals surface area contributed by atoms with Crippen molar-refractivity contribution in [1.29, 1.82) is 0 Å². The minimum Gasteiger partial charge on any atom is -0.507 e. The summed E-state index contributed by atoms with van der Waals surface area (Å²) >= 11 is 0. The van der Waals surface area contributed by atoms with Crippen LogP contribution >= 0.6 is 0 Å². The number of carboxylic acids is 1. The van der Waals surface area contributed by atoms with E-state index in [-0.39, 0.29) is 12.2 Å². The summed E-state index contributed by atoms with van der Waals surface area (Å²) in [6.07, 6.45) is -0.161. The van der Waals surface area contributed by atoms with Gasteiger partial charge in [0, 0.05) is 22.2 Å². The van der Waals surface area contributed by atoms with Gasteiger partial charge in [-0.25, -0.2) is 0 Å². The first kappa shape index (κ1) is 10.5. The standard InChI is InChI=1S/C12H13NO3/c1-6-7(2)13-9-4-3-8(5-10(14)15)12(16)11(6)9/h3-4,13,16H,5H2,1-2H3,(H,14,15). The van der Waals surface area contributed by atoms with Gasteiger partial charge in [0.15, 0.2) is 0 Å². The third kappa shape index (κ3) is 1.52. The van der Waals surface area contributed by atoms with Crippen LogP contribution in [0.1, 0.15) is 16.8 Å². The van der Waals surface area contributed by atoms with E-state index in [1.54, 1.807) is 12.1 Å². The number of H-pyrrole nitrogens is 1. The van der Waals surface area contributed by atoms with Crippen LogP contribution in [0.3, 0.4) is 0 Å². The Kier molecular flexibility index (Phi) is 2.34. The molecule has 2 rings (SSSR count). The number of carboxylic acid groups (broad SMARTS) is 1. The zero-order valence-electron chi connectivity index (χ0n) is 9.16. The van der Waals surface area contributed by atoms with Crippen LogP contribution in [0, 0.1) is 13.8 Å². The Morgan fingerprint density at radius 2 is 2.06 bits per heavy atom. The van der Waals surface area contributed by atoms with Crippen molar-refractivity contribution in [3.8, 4) is 5.75 Å². The molecule has 0 aliphatic carbocycles. The Morgan fingerprint density at radius 1 is 1.38 bits per heavy atom. The predicted molar refractivity (Wildman–Crippen MR) is 60.8 cm³/mol. The number of aryl methyl sites for hydroxylation is 2. The molecule has 0 fully saturated rings. The van der Waals surface area contributed by atoms with Gasteiger partial charge in [0.05, 0.1) is 6.42 Å². The molecule has 16 heavy (non-hydrogen) atoms. The van der Waals surface area contributed by atoms with Crippen LogP contribution in [0.5, 0.6) is 5.75 Å². The molecule has 3 N–H and O–H groups in total. The van der Waals surface area contributed by atoms with E-state index in [1.807, 2.05) is 13.8 Å². The molecular formula is C12H13NO3. The van der Waals surface area contributed by atoms with Crippen LogP contribution in [-0.2, 0) is 11.2 Å². The highest BCUT2D eigenvalue weighted by atomic mass is 16.4. The van der Waals surface area contributed by atoms with Crippen molar-refractivity contribution < 1.29 is 15.0 Å². The van der Waals surface area contributed by atoms with Crippen molar-refractivity contribution in [3.05, 3.63) is 29.0 Å². The normalized spacial score (nSPS) is 10.9. The van der Waals surface area contributed by atoms with E-state index in [1.165, 1.54) is 0 Å². The van der Waals surface area contributed by atoms with E-state index < -0.39 is 5.97 Å². The quantitative estimate of drug-likeness (QED) is 0.724. The smallest absolute Gasteiger partial charge is 0.307 e. The van der Waals surface area contributed by atoms with Crippen molar-refractivity contribution in [2.45, 2.75) is 20.3 Å². The molecule has 4 nitrogen and oxygen atoms in total. The van der Waals surface area contributed by atoms with Crippen LogP contribution < -0.4 is 0 Å². The van der Waals surface area contributed by atoms with Gasteiger partial charge in [0.2, 0.25) is 0 Å². The van der Waals surface area contributed by atoms with Crippen molar-refractivity contribution in [2.75, 3.05) is 0 Å². The SMILES string of the molecule is Cc1[nH]c2ccc(CC(=O)O)c(O)c2c1C. The van der Waals surface area contributed by atoms with Crippen LogP contribution in [0.25, 0.3) is 10.9 Å². The molecule has 0 saturated carbocycles. The Hall–Kier alpha value is -1.97. The van der Waals surface area contributed by atoms with Crippen molar-refractivity contribution >= 4 is 16.9 Å². The molecule has 1 aromatic heterocycles. The summed E-state index contributed by atoms with van der Waals surface area (Å²) in [5.41, 5.74) is 3.22. The average molecular weight is 219 g/mol. The maximum atomic E-state index is 10.6. The van der Waals surface area contributed by atoms with Crippen LogP contribution in [0.4, 0.5) is 0 Å². The first-order chi connectivity index (χ1) is 7.50. The van der Waals surface area contributed by atoms with Gasteiger partial charge >= 0.3 is 5.97 Å². The van der Waals surface area contributed by atoms with E-state index in [0.29, 0.717) is 5.56 Å². The summed E-state index contributed by atoms with van der Waals surface area (Å²) in [7, 11) is 0. The van der Waals surface area contributed by atoms with Crippen LogP contribution in [0.2, 0.25) is 0 Å². The minimum atomic E-state index is -0.945. The minimum absolute atomic E-state index is 0.0711. The molecule has 0 radical (unpaired) electrons. The van der Waals surface area contributed by atoms with Crippen LogP contribution in [0.15, 0.2) is 12.1 Å². The molecule has 0 aliphatic heterocycles. The maximum absolute atomic E-state index is 10.6. The first-order valence-corrected chi connectivity index (χ1v) is 5.02. The number of fused-ring (bicyclic) bond motifs is 1. The molecule has 4 heteroatoms. The van der Waals surface area contributed by atoms with E-state index >= 15 is 0 Å². The molecule has 1 aromatic carbocycles. The second-order valence-electron chi connectivity index (χ2n) is 3.94. The number of aromatic amines is 1. The summed E-state index contributed by atoms with van der Waals surface area (Å²) in [6, 6.07) is 3.44. The van der Waals surface area contributed by atoms with Crippen molar-refractivity contribution in [1.82, 2.24) is 4.98 Å². The highest BCUT2D eigenvalue weighted by Gasteiger charge is 2.13. The molecule has 0 saturated heterocycles. The van der Waals surface area contributed by atoms with Gasteiger partial charge in [-0.15, -0.1) is 0 Å². The van der Waals surface area contributed by atoms with E-state index in [0.717, 1.165) is 22.2 Å². The lowest BCUT2D eigenvalue weighted by atomic mass is 10.0. The largest absolute Gasteiger partial charge is 0.507 e. The van der Waals surface area contributed by atoms with Crippen molar-refractivity contribution in [3.63, 3.8) is 0 Å². The fraction of sp³-hybridized carbons (Fsp3) is 0.250. The summed E-state index contributed by atoms with van der Waals surface area (Å²) in [4.78, 5) is 13.8. The van der Waals surface area contributed by atoms with Gasteiger partial charge in [-0.05, 0) is 25.5 Å². The number of carbonyl (C=O) groups is 1. The number of hydrogen-bond acceptors (Lipinski definition) is 2. The number of phenolic OH excluding ortho intramolecular Hbond substituents is 1. The number of aromatic hydroxyl groups is 1. The molecule has 0 amide bonds. The number of hydrogen-bond donors (Lipinski definition) is 3. The Morgan fingerprint density at radius 3 is 2.69 bits per heavy atom. The van der Waals surface area contributed by atoms with Gasteiger partial charge in [-0.2, -0.15) is 0 Å². The lowest BCUT2D eigenvalue weighted by Crippen LogP contribution is -2.00. The first-order valence-electron chi connectivity index (χ1n) is 5.02. The van der Waals surface area contributed by atoms with Gasteiger partial charge in [-0.3, -0.25) is 4.79 Å². The molecule has 0 spiro atoms. The zero-order chi connectivity index (χ0) is 11.9. The number of phenols is 1. The number of nitrogens with one attached hydrogen (secondary N) is 1. The van der Waals surface area contributed by atoms with Gasteiger partial charge < -0.3 is 15.2 Å². The maximum Gasteiger partial charge on any atom is 0.307 e. The molecule has 0 unspecified atom stereocenters. The van der Waals surface area contributed by atoms with E-state index in [4.69, 9.17) is 5.11 Å². The molecule has 0 bridgehead atoms. The monoisotopic (exact) mass is 219 g/mol. The number of rotatable bonds is 2. The lowest BCUT2D eigenvalue weighted by Gasteiger charge is -2.03. The summed E-state index contributed by atoms with van der Waals surface area (Å²) in [6.45, 7) is 3.82. The zero-order valence-corrected chi connectivity index (χ0v) is 9.16. The lowest BCUT2D eigenvalue weighted by molar-refractivity contribution is -0.136. The van der Waals surface area contributed by atoms with E-state index in [2.05, 4.69) is 4.98 Å². The number of aromatic nitrogens is 1. The molecule has 84 valence electrons. The second kappa shape index (κ2) is 3.56. The number of benzene rings is 1. The predicted octanol–water partition coefficient (Wildman–Crippen LogP) is 2.12. The Balaban J connectivity index is 2.68. The topological polar surface area (TPSA) is 73.3 Å². The van der Waals surface area contributed by atoms with Gasteiger partial charge in [-0.1, -0.05) is 6.07 Å². The number of aliphatic carboxylic acids is 1. The van der Waals surface area contributed by atoms with Crippen LogP contribution in [-0.4, -0.2) is 21.2 Å². The molecule has 1 heterocycles. The third-order valence-electron chi connectivity index (χ3n) is 2.86. The average Bonchev–Trinajstić information content (AvgIpc) is 2.48. The fourth-order valence-electron chi connectivity index (χ4n) is 1.91. The summed E-state index contributed by atoms with van der Waals surface area (Å²) in [5, 5.41) is 19.4. The second-order valence-corrected chi connectivity index (χ2v) is 3.94. The van der Waals surface area contributed by atoms with E-state index in [9.17, 15) is 9.90 Å². The molecule has 0 aliphatic rings. The highest BCUT2D eigenvalue weighted by Crippen LogP contribution is 2.32. The van der Waals surface area contributed by atoms with Crippen molar-refractivity contribution in [2.24, 2.45) is 0 Å². The Labute approximate surface area is 92.5 Å². The fourth-order valence-corrected chi connectivity index (χ4v) is 1.91. The third-order valence-corrected chi connectivity index (χ3v) is 2.86. The molecular weight excluding hydrogens is 206 g/mol. The molecule has 0 atom stereocenters. The Bertz CT molecular complexity index is 569. The van der Waals surface area contributed by atoms with Gasteiger partial charge in [0.1, 0.15) is 5.75 Å². The summed E-state index contributed by atoms with van der Waals surface area (Å²) < 4.78 is 0.